The molecule has 0 aliphatic rings. The van der Waals surface area contributed by atoms with Crippen LogP contribution in [0, 0.1) is 0 Å². The Kier molecular flexibility index (Phi) is 5.85. The second-order valence-corrected chi connectivity index (χ2v) is 7.72. The van der Waals surface area contributed by atoms with Gasteiger partial charge < -0.3 is 9.64 Å². The monoisotopic (exact) mass is 367 g/mol. The summed E-state index contributed by atoms with van der Waals surface area (Å²) >= 11 is 5.88. The summed E-state index contributed by atoms with van der Waals surface area (Å²) in [6.45, 7) is 0.576. The van der Waals surface area contributed by atoms with Gasteiger partial charge in [0.05, 0.1) is 17.0 Å². The highest BCUT2D eigenvalue weighted by atomic mass is 35.5. The van der Waals surface area contributed by atoms with Gasteiger partial charge in [0.25, 0.3) is 5.91 Å². The maximum Gasteiger partial charge on any atom is 0.255 e. The van der Waals surface area contributed by atoms with E-state index in [1.165, 1.54) is 17.0 Å². The van der Waals surface area contributed by atoms with Crippen molar-refractivity contribution in [3.63, 3.8) is 0 Å². The van der Waals surface area contributed by atoms with E-state index < -0.39 is 9.84 Å². The lowest BCUT2D eigenvalue weighted by molar-refractivity contribution is 0.0770. The second kappa shape index (κ2) is 7.68. The fourth-order valence-electron chi connectivity index (χ4n) is 2.13. The molecule has 5 nitrogen and oxygen atoms in total. The highest BCUT2D eigenvalue weighted by molar-refractivity contribution is 7.90. The van der Waals surface area contributed by atoms with Gasteiger partial charge in [-0.05, 0) is 30.3 Å². The summed E-state index contributed by atoms with van der Waals surface area (Å²) in [7, 11) is -1.87. The number of likely N-dealkylation sites (N-methyl/N-ethyl adjacent to an activating group) is 1. The van der Waals surface area contributed by atoms with Gasteiger partial charge in [-0.1, -0.05) is 29.8 Å². The molecule has 0 fully saturated rings. The minimum atomic E-state index is -3.47. The number of carbonyl (C=O) groups excluding carboxylic acids is 1. The van der Waals surface area contributed by atoms with Crippen molar-refractivity contribution < 1.29 is 17.9 Å². The number of hydrogen-bond donors (Lipinski definition) is 0. The van der Waals surface area contributed by atoms with E-state index in [9.17, 15) is 13.2 Å². The number of ether oxygens (including phenoxy) is 1. The molecule has 0 heterocycles. The molecule has 0 aromatic heterocycles. The van der Waals surface area contributed by atoms with E-state index >= 15 is 0 Å². The van der Waals surface area contributed by atoms with E-state index in [1.54, 1.807) is 43.4 Å². The molecule has 0 spiro atoms. The number of nitrogens with zero attached hydrogens (tertiary/aromatic N) is 1. The Balaban J connectivity index is 2.03. The van der Waals surface area contributed by atoms with Crippen LogP contribution in [0.3, 0.4) is 0 Å². The van der Waals surface area contributed by atoms with Crippen molar-refractivity contribution in [2.24, 2.45) is 0 Å². The summed E-state index contributed by atoms with van der Waals surface area (Å²) in [5, 5.41) is 0.569. The zero-order valence-electron chi connectivity index (χ0n) is 13.4. The lowest BCUT2D eigenvalue weighted by Gasteiger charge is -2.19. The first kappa shape index (κ1) is 18.3. The van der Waals surface area contributed by atoms with Gasteiger partial charge in [0.15, 0.2) is 9.84 Å². The van der Waals surface area contributed by atoms with Crippen molar-refractivity contribution in [1.82, 2.24) is 4.90 Å². The highest BCUT2D eigenvalue weighted by Crippen LogP contribution is 2.18. The quantitative estimate of drug-likeness (QED) is 0.787. The summed E-state index contributed by atoms with van der Waals surface area (Å²) in [4.78, 5) is 13.9. The lowest BCUT2D eigenvalue weighted by Crippen LogP contribution is -2.31. The fourth-order valence-corrected chi connectivity index (χ4v) is 3.19. The Morgan fingerprint density at radius 1 is 1.17 bits per heavy atom. The smallest absolute Gasteiger partial charge is 0.255 e. The topological polar surface area (TPSA) is 63.7 Å². The van der Waals surface area contributed by atoms with Crippen LogP contribution in [0.25, 0.3) is 0 Å². The van der Waals surface area contributed by atoms with Crippen LogP contribution in [0.15, 0.2) is 53.4 Å². The first-order chi connectivity index (χ1) is 11.3. The van der Waals surface area contributed by atoms with Gasteiger partial charge in [0.2, 0.25) is 0 Å². The van der Waals surface area contributed by atoms with Gasteiger partial charge in [-0.3, -0.25) is 4.79 Å². The largest absolute Gasteiger partial charge is 0.492 e. The van der Waals surface area contributed by atoms with Crippen LogP contribution in [0.2, 0.25) is 5.02 Å². The molecule has 0 aliphatic heterocycles. The van der Waals surface area contributed by atoms with Crippen LogP contribution < -0.4 is 4.74 Å². The SMILES string of the molecule is CN(CCOc1cccc(Cl)c1)C(=O)c1ccccc1S(C)(=O)=O. The molecule has 7 heteroatoms. The maximum absolute atomic E-state index is 12.5. The van der Waals surface area contributed by atoms with Crippen molar-refractivity contribution in [2.45, 2.75) is 4.90 Å². The molecule has 2 rings (SSSR count). The minimum absolute atomic E-state index is 0.0256. The average Bonchev–Trinajstić information content (AvgIpc) is 2.53. The normalized spacial score (nSPS) is 11.1. The zero-order valence-corrected chi connectivity index (χ0v) is 15.0. The van der Waals surface area contributed by atoms with E-state index in [0.29, 0.717) is 17.3 Å². The lowest BCUT2D eigenvalue weighted by atomic mass is 10.2. The van der Waals surface area contributed by atoms with E-state index in [2.05, 4.69) is 0 Å². The molecule has 0 saturated carbocycles. The van der Waals surface area contributed by atoms with Gasteiger partial charge in [-0.25, -0.2) is 8.42 Å². The van der Waals surface area contributed by atoms with Crippen molar-refractivity contribution in [3.8, 4) is 5.75 Å². The van der Waals surface area contributed by atoms with Gasteiger partial charge >= 0.3 is 0 Å². The molecule has 0 atom stereocenters. The van der Waals surface area contributed by atoms with Crippen LogP contribution in [-0.4, -0.2) is 45.7 Å². The van der Waals surface area contributed by atoms with Crippen molar-refractivity contribution in [2.75, 3.05) is 26.5 Å². The van der Waals surface area contributed by atoms with Crippen molar-refractivity contribution in [3.05, 3.63) is 59.1 Å². The molecule has 0 unspecified atom stereocenters. The molecule has 2 aromatic rings. The molecule has 2 aromatic carbocycles. The van der Waals surface area contributed by atoms with Crippen LogP contribution >= 0.6 is 11.6 Å². The Morgan fingerprint density at radius 3 is 2.54 bits per heavy atom. The average molecular weight is 368 g/mol. The number of rotatable bonds is 6. The third-order valence-corrected chi connectivity index (χ3v) is 4.75. The van der Waals surface area contributed by atoms with Crippen LogP contribution in [0.1, 0.15) is 10.4 Å². The predicted octanol–water partition coefficient (Wildman–Crippen LogP) is 2.89. The Morgan fingerprint density at radius 2 is 1.88 bits per heavy atom. The van der Waals surface area contributed by atoms with Gasteiger partial charge in [-0.15, -0.1) is 0 Å². The molecule has 0 bridgehead atoms. The number of hydrogen-bond acceptors (Lipinski definition) is 4. The molecule has 24 heavy (non-hydrogen) atoms. The molecule has 1 amide bonds. The number of carbonyl (C=O) groups is 1. The Labute approximate surface area is 146 Å². The van der Waals surface area contributed by atoms with Crippen LogP contribution in [0.5, 0.6) is 5.75 Å². The summed E-state index contributed by atoms with van der Waals surface area (Å²) < 4.78 is 29.2. The molecule has 0 saturated heterocycles. The van der Waals surface area contributed by atoms with E-state index in [0.717, 1.165) is 6.26 Å². The summed E-state index contributed by atoms with van der Waals surface area (Å²) in [6, 6.07) is 13.1. The molecular formula is C17H18ClNO4S. The Bertz CT molecular complexity index is 836. The minimum Gasteiger partial charge on any atom is -0.492 e. The maximum atomic E-state index is 12.5. The molecule has 0 radical (unpaired) electrons. The third kappa shape index (κ3) is 4.72. The molecular weight excluding hydrogens is 350 g/mol. The summed E-state index contributed by atoms with van der Waals surface area (Å²) in [5.74, 6) is 0.241. The molecule has 0 aliphatic carbocycles. The van der Waals surface area contributed by atoms with Crippen molar-refractivity contribution in [1.29, 1.82) is 0 Å². The van der Waals surface area contributed by atoms with Crippen molar-refractivity contribution >= 4 is 27.3 Å². The van der Waals surface area contributed by atoms with Gasteiger partial charge in [0.1, 0.15) is 12.4 Å². The van der Waals surface area contributed by atoms with E-state index in [-0.39, 0.29) is 23.0 Å². The van der Waals surface area contributed by atoms with Gasteiger partial charge in [0, 0.05) is 18.3 Å². The number of amides is 1. The fraction of sp³-hybridized carbons (Fsp3) is 0.235. The number of sulfone groups is 1. The molecule has 0 N–H and O–H groups in total. The first-order valence-electron chi connectivity index (χ1n) is 7.22. The summed E-state index contributed by atoms with van der Waals surface area (Å²) in [6.07, 6.45) is 1.08. The molecule has 128 valence electrons. The zero-order chi connectivity index (χ0) is 17.7. The third-order valence-electron chi connectivity index (χ3n) is 3.36. The summed E-state index contributed by atoms with van der Waals surface area (Å²) in [5.41, 5.74) is 0.158. The Hall–Kier alpha value is -2.05. The van der Waals surface area contributed by atoms with Gasteiger partial charge in [-0.2, -0.15) is 0 Å². The highest BCUT2D eigenvalue weighted by Gasteiger charge is 2.20. The van der Waals surface area contributed by atoms with E-state index in [4.69, 9.17) is 16.3 Å². The van der Waals surface area contributed by atoms with Crippen LogP contribution in [-0.2, 0) is 9.84 Å². The number of halogens is 1. The second-order valence-electron chi connectivity index (χ2n) is 5.30. The predicted molar refractivity (Wildman–Crippen MR) is 93.5 cm³/mol. The standard InChI is InChI=1S/C17H18ClNO4S/c1-19(10-11-23-14-7-5-6-13(18)12-14)17(20)15-8-3-4-9-16(15)24(2,21)22/h3-9,12H,10-11H2,1-2H3. The van der Waals surface area contributed by atoms with E-state index in [1.807, 2.05) is 0 Å². The van der Waals surface area contributed by atoms with Crippen LogP contribution in [0.4, 0.5) is 0 Å². The number of benzene rings is 2. The first-order valence-corrected chi connectivity index (χ1v) is 9.49.